The van der Waals surface area contributed by atoms with E-state index in [-0.39, 0.29) is 11.5 Å². The number of anilines is 1. The number of imidazole rings is 1. The van der Waals surface area contributed by atoms with Gasteiger partial charge in [0.2, 0.25) is 0 Å². The highest BCUT2D eigenvalue weighted by Crippen LogP contribution is 2.33. The summed E-state index contributed by atoms with van der Waals surface area (Å²) in [5.74, 6) is 0.359. The van der Waals surface area contributed by atoms with Crippen molar-refractivity contribution in [2.45, 2.75) is 6.92 Å². The van der Waals surface area contributed by atoms with E-state index >= 15 is 0 Å². The molecule has 4 rings (SSSR count). The molecule has 0 bridgehead atoms. The van der Waals surface area contributed by atoms with Crippen molar-refractivity contribution in [1.29, 1.82) is 0 Å². The zero-order chi connectivity index (χ0) is 19.0. The summed E-state index contributed by atoms with van der Waals surface area (Å²) in [5, 5.41) is 4.34. The van der Waals surface area contributed by atoms with Crippen molar-refractivity contribution >= 4 is 45.7 Å². The van der Waals surface area contributed by atoms with Crippen LogP contribution in [0, 0.1) is 6.92 Å². The molecule has 0 unspecified atom stereocenters. The van der Waals surface area contributed by atoms with Gasteiger partial charge in [0, 0.05) is 29.5 Å². The summed E-state index contributed by atoms with van der Waals surface area (Å²) in [7, 11) is 0. The molecule has 4 aromatic rings. The first kappa shape index (κ1) is 17.5. The van der Waals surface area contributed by atoms with Crippen molar-refractivity contribution in [3.8, 4) is 11.4 Å². The van der Waals surface area contributed by atoms with Gasteiger partial charge in [0.1, 0.15) is 5.82 Å². The first-order valence-corrected chi connectivity index (χ1v) is 8.95. The molecule has 0 aliphatic rings. The van der Waals surface area contributed by atoms with Gasteiger partial charge in [0.05, 0.1) is 26.8 Å². The number of hydrogen-bond donors (Lipinski definition) is 2. The van der Waals surface area contributed by atoms with Crippen LogP contribution in [0.5, 0.6) is 0 Å². The Bertz CT molecular complexity index is 1140. The van der Waals surface area contributed by atoms with Gasteiger partial charge in [-0.2, -0.15) is 0 Å². The number of aryl methyl sites for hydroxylation is 1. The molecule has 2 heterocycles. The number of carbonyl (C=O) groups is 1. The Kier molecular flexibility index (Phi) is 4.56. The first-order valence-electron chi connectivity index (χ1n) is 8.19. The second-order valence-electron chi connectivity index (χ2n) is 6.01. The number of pyridine rings is 1. The van der Waals surface area contributed by atoms with Crippen LogP contribution in [0.25, 0.3) is 22.3 Å². The van der Waals surface area contributed by atoms with E-state index in [4.69, 9.17) is 23.2 Å². The lowest BCUT2D eigenvalue weighted by atomic mass is 10.0. The van der Waals surface area contributed by atoms with Crippen molar-refractivity contribution < 1.29 is 4.79 Å². The van der Waals surface area contributed by atoms with E-state index in [0.717, 1.165) is 22.3 Å². The maximum absolute atomic E-state index is 12.8. The third-order valence-corrected chi connectivity index (χ3v) is 4.89. The van der Waals surface area contributed by atoms with Crippen LogP contribution >= 0.6 is 23.2 Å². The molecule has 2 aromatic heterocycles. The lowest BCUT2D eigenvalue weighted by molar-refractivity contribution is 0.102. The Morgan fingerprint density at radius 1 is 1.07 bits per heavy atom. The van der Waals surface area contributed by atoms with Crippen molar-refractivity contribution in [3.63, 3.8) is 0 Å². The Morgan fingerprint density at radius 2 is 1.81 bits per heavy atom. The first-order chi connectivity index (χ1) is 13.1. The minimum Gasteiger partial charge on any atom is -0.345 e. The van der Waals surface area contributed by atoms with Crippen molar-refractivity contribution in [1.82, 2.24) is 15.0 Å². The maximum Gasteiger partial charge on any atom is 0.258 e. The molecular weight excluding hydrogens is 383 g/mol. The normalized spacial score (nSPS) is 10.9. The van der Waals surface area contributed by atoms with Crippen LogP contribution in [0.1, 0.15) is 15.9 Å². The van der Waals surface area contributed by atoms with E-state index in [1.54, 1.807) is 42.9 Å². The average Bonchev–Trinajstić information content (AvgIpc) is 3.15. The number of benzene rings is 2. The zero-order valence-electron chi connectivity index (χ0n) is 14.3. The molecule has 2 N–H and O–H groups in total. The highest BCUT2D eigenvalue weighted by atomic mass is 35.5. The molecule has 0 saturated carbocycles. The van der Waals surface area contributed by atoms with Crippen molar-refractivity contribution in [3.05, 3.63) is 76.2 Å². The molecule has 2 aromatic carbocycles. The third kappa shape index (κ3) is 3.16. The number of nitrogens with zero attached hydrogens (tertiary/aromatic N) is 2. The third-order valence-electron chi connectivity index (χ3n) is 4.26. The van der Waals surface area contributed by atoms with Crippen molar-refractivity contribution in [2.24, 2.45) is 0 Å². The van der Waals surface area contributed by atoms with Gasteiger partial charge >= 0.3 is 0 Å². The van der Waals surface area contributed by atoms with E-state index in [1.165, 1.54) is 0 Å². The van der Waals surface area contributed by atoms with Gasteiger partial charge in [0.25, 0.3) is 5.91 Å². The number of carbonyl (C=O) groups excluding carboxylic acids is 1. The molecule has 7 heteroatoms. The Labute approximate surface area is 165 Å². The monoisotopic (exact) mass is 396 g/mol. The van der Waals surface area contributed by atoms with Gasteiger partial charge in [-0.1, -0.05) is 41.4 Å². The minimum atomic E-state index is -0.389. The quantitative estimate of drug-likeness (QED) is 0.480. The summed E-state index contributed by atoms with van der Waals surface area (Å²) < 4.78 is 0. The molecule has 5 nitrogen and oxygen atoms in total. The molecule has 134 valence electrons. The Hall–Kier alpha value is -2.89. The fourth-order valence-electron chi connectivity index (χ4n) is 3.04. The predicted molar refractivity (Wildman–Crippen MR) is 108 cm³/mol. The lowest BCUT2D eigenvalue weighted by Gasteiger charge is -2.13. The van der Waals surface area contributed by atoms with Gasteiger partial charge in [-0.3, -0.25) is 9.78 Å². The number of nitrogens with one attached hydrogen (secondary N) is 2. The molecule has 0 aliphatic heterocycles. The molecule has 0 aliphatic carbocycles. The summed E-state index contributed by atoms with van der Waals surface area (Å²) in [5.41, 5.74) is 3.38. The van der Waals surface area contributed by atoms with Crippen LogP contribution in [0.15, 0.2) is 55.0 Å². The van der Waals surface area contributed by atoms with Gasteiger partial charge in [-0.25, -0.2) is 4.98 Å². The summed E-state index contributed by atoms with van der Waals surface area (Å²) in [4.78, 5) is 24.8. The van der Waals surface area contributed by atoms with Gasteiger partial charge in [-0.15, -0.1) is 0 Å². The zero-order valence-corrected chi connectivity index (χ0v) is 15.8. The van der Waals surface area contributed by atoms with Crippen LogP contribution in [-0.4, -0.2) is 20.9 Å². The number of halogens is 2. The summed E-state index contributed by atoms with van der Waals surface area (Å²) in [6, 6.07) is 10.5. The molecule has 0 radical (unpaired) electrons. The standard InChI is InChI=1S/C20H14Cl2N4O/c1-11-10-25-18-12(16(11)19-23-8-9-24-19)4-2-7-15(18)26-20(27)17-13(21)5-3-6-14(17)22/h2-10H,1H3,(H,23,24)(H,26,27). The molecular formula is C20H14Cl2N4O. The molecule has 1 amide bonds. The van der Waals surface area contributed by atoms with E-state index in [2.05, 4.69) is 20.3 Å². The minimum absolute atomic E-state index is 0.233. The number of amides is 1. The molecule has 0 spiro atoms. The number of aromatic nitrogens is 3. The molecule has 27 heavy (non-hydrogen) atoms. The highest BCUT2D eigenvalue weighted by molar-refractivity contribution is 6.40. The number of aromatic amines is 1. The second kappa shape index (κ2) is 7.02. The molecule has 0 atom stereocenters. The van der Waals surface area contributed by atoms with Gasteiger partial charge < -0.3 is 10.3 Å². The van der Waals surface area contributed by atoms with E-state index in [1.807, 2.05) is 19.1 Å². The maximum atomic E-state index is 12.8. The number of rotatable bonds is 3. The van der Waals surface area contributed by atoms with E-state index in [9.17, 15) is 4.79 Å². The van der Waals surface area contributed by atoms with Gasteiger partial charge in [0.15, 0.2) is 0 Å². The summed E-state index contributed by atoms with van der Waals surface area (Å²) in [6.45, 7) is 1.97. The molecule has 0 fully saturated rings. The highest BCUT2D eigenvalue weighted by Gasteiger charge is 2.18. The predicted octanol–water partition coefficient (Wildman–Crippen LogP) is 5.49. The number of para-hydroxylation sites is 1. The van der Waals surface area contributed by atoms with Crippen LogP contribution in [0.2, 0.25) is 10.0 Å². The lowest BCUT2D eigenvalue weighted by Crippen LogP contribution is -2.13. The average molecular weight is 397 g/mol. The van der Waals surface area contributed by atoms with Crippen molar-refractivity contribution in [2.75, 3.05) is 5.32 Å². The number of H-pyrrole nitrogens is 1. The van der Waals surface area contributed by atoms with Crippen LogP contribution < -0.4 is 5.32 Å². The fourth-order valence-corrected chi connectivity index (χ4v) is 3.61. The fraction of sp³-hybridized carbons (Fsp3) is 0.0500. The Morgan fingerprint density at radius 3 is 2.52 bits per heavy atom. The summed E-state index contributed by atoms with van der Waals surface area (Å²) >= 11 is 12.3. The van der Waals surface area contributed by atoms with Gasteiger partial charge in [-0.05, 0) is 30.7 Å². The Balaban J connectivity index is 1.82. The van der Waals surface area contributed by atoms with E-state index in [0.29, 0.717) is 21.2 Å². The number of fused-ring (bicyclic) bond motifs is 1. The SMILES string of the molecule is Cc1cnc2c(NC(=O)c3c(Cl)cccc3Cl)cccc2c1-c1ncc[nH]1. The van der Waals surface area contributed by atoms with Crippen LogP contribution in [-0.2, 0) is 0 Å². The molecule has 0 saturated heterocycles. The smallest absolute Gasteiger partial charge is 0.258 e. The van der Waals surface area contributed by atoms with Crippen LogP contribution in [0.3, 0.4) is 0 Å². The number of hydrogen-bond acceptors (Lipinski definition) is 3. The van der Waals surface area contributed by atoms with Crippen LogP contribution in [0.4, 0.5) is 5.69 Å². The second-order valence-corrected chi connectivity index (χ2v) is 6.82. The summed E-state index contributed by atoms with van der Waals surface area (Å²) in [6.07, 6.45) is 5.23. The largest absolute Gasteiger partial charge is 0.345 e. The topological polar surface area (TPSA) is 70.7 Å². The van der Waals surface area contributed by atoms with E-state index < -0.39 is 0 Å².